The Balaban J connectivity index is 2.35. The Kier molecular flexibility index (Phi) is 5.26. The highest BCUT2D eigenvalue weighted by molar-refractivity contribution is 6.19. The number of nitrogens with zero attached hydrogens (tertiary/aromatic N) is 1. The topological polar surface area (TPSA) is 32.3 Å². The molecule has 1 aliphatic heterocycles. The predicted molar refractivity (Wildman–Crippen MR) is 72.4 cm³/mol. The van der Waals surface area contributed by atoms with Gasteiger partial charge in [-0.25, -0.2) is 0 Å². The van der Waals surface area contributed by atoms with Gasteiger partial charge in [0, 0.05) is 36.5 Å². The molecule has 4 heteroatoms. The number of likely N-dealkylation sites (tertiary alicyclic amines) is 1. The average molecular weight is 261 g/mol. The summed E-state index contributed by atoms with van der Waals surface area (Å²) in [5.74, 6) is 0.402. The Morgan fingerprint density at radius 2 is 1.94 bits per heavy atom. The second kappa shape index (κ2) is 6.05. The van der Waals surface area contributed by atoms with E-state index in [0.29, 0.717) is 11.9 Å². The van der Waals surface area contributed by atoms with Gasteiger partial charge < -0.3 is 5.32 Å². The van der Waals surface area contributed by atoms with Crippen LogP contribution in [0.3, 0.4) is 0 Å². The fourth-order valence-corrected chi connectivity index (χ4v) is 2.25. The second-order valence-corrected chi connectivity index (χ2v) is 6.30. The van der Waals surface area contributed by atoms with Crippen LogP contribution in [-0.2, 0) is 4.79 Å². The van der Waals surface area contributed by atoms with Crippen molar-refractivity contribution in [1.82, 2.24) is 10.2 Å². The number of amides is 1. The van der Waals surface area contributed by atoms with Crippen molar-refractivity contribution in [2.75, 3.05) is 19.0 Å². The zero-order valence-corrected chi connectivity index (χ0v) is 12.2. The van der Waals surface area contributed by atoms with E-state index in [1.54, 1.807) is 0 Å². The summed E-state index contributed by atoms with van der Waals surface area (Å²) in [6.45, 7) is 10.7. The summed E-state index contributed by atoms with van der Waals surface area (Å²) in [7, 11) is 0. The minimum absolute atomic E-state index is 0.0858. The van der Waals surface area contributed by atoms with Gasteiger partial charge in [0.25, 0.3) is 0 Å². The summed E-state index contributed by atoms with van der Waals surface area (Å²) in [6, 6.07) is 0.326. The van der Waals surface area contributed by atoms with E-state index in [1.807, 2.05) is 6.92 Å². The van der Waals surface area contributed by atoms with Crippen LogP contribution in [0.2, 0.25) is 0 Å². The van der Waals surface area contributed by atoms with Crippen molar-refractivity contribution in [1.29, 1.82) is 0 Å². The zero-order chi connectivity index (χ0) is 13.1. The second-order valence-electron chi connectivity index (χ2n) is 6.00. The number of halogens is 1. The Bertz CT molecular complexity index is 255. The van der Waals surface area contributed by atoms with E-state index in [2.05, 4.69) is 31.0 Å². The van der Waals surface area contributed by atoms with Gasteiger partial charge in [0.05, 0.1) is 0 Å². The fraction of sp³-hybridized carbons (Fsp3) is 0.923. The third-order valence-corrected chi connectivity index (χ3v) is 3.93. The van der Waals surface area contributed by atoms with Crippen molar-refractivity contribution in [3.63, 3.8) is 0 Å². The molecular formula is C13H25ClN2O. The van der Waals surface area contributed by atoms with Gasteiger partial charge in [0.1, 0.15) is 0 Å². The summed E-state index contributed by atoms with van der Waals surface area (Å²) in [5.41, 5.74) is 0.235. The molecule has 1 fully saturated rings. The molecule has 0 bridgehead atoms. The van der Waals surface area contributed by atoms with Gasteiger partial charge in [0.2, 0.25) is 5.91 Å². The van der Waals surface area contributed by atoms with E-state index < -0.39 is 0 Å². The highest BCUT2D eigenvalue weighted by Crippen LogP contribution is 2.20. The highest BCUT2D eigenvalue weighted by Gasteiger charge is 2.28. The van der Waals surface area contributed by atoms with Gasteiger partial charge in [-0.15, -0.1) is 11.6 Å². The third kappa shape index (κ3) is 4.47. The van der Waals surface area contributed by atoms with Crippen LogP contribution in [-0.4, -0.2) is 41.4 Å². The van der Waals surface area contributed by atoms with Crippen LogP contribution < -0.4 is 5.32 Å². The number of piperidine rings is 1. The van der Waals surface area contributed by atoms with Crippen molar-refractivity contribution < 1.29 is 4.79 Å². The molecule has 0 spiro atoms. The standard InChI is InChI=1S/C13H25ClN2O/c1-10(9-14)12(17)15-11-5-7-16(8-6-11)13(2,3)4/h10-11H,5-9H2,1-4H3,(H,15,17). The molecule has 0 aromatic carbocycles. The molecule has 0 radical (unpaired) electrons. The molecule has 1 aliphatic rings. The van der Waals surface area contributed by atoms with Crippen LogP contribution in [0.1, 0.15) is 40.5 Å². The molecule has 100 valence electrons. The lowest BCUT2D eigenvalue weighted by atomic mass is 9.97. The molecule has 0 saturated carbocycles. The van der Waals surface area contributed by atoms with Crippen molar-refractivity contribution in [2.45, 2.75) is 52.1 Å². The minimum Gasteiger partial charge on any atom is -0.353 e. The number of carbonyl (C=O) groups is 1. The zero-order valence-electron chi connectivity index (χ0n) is 11.4. The molecule has 0 aromatic heterocycles. The Labute approximate surface area is 110 Å². The molecule has 3 nitrogen and oxygen atoms in total. The van der Waals surface area contributed by atoms with Crippen molar-refractivity contribution in [3.8, 4) is 0 Å². The lowest BCUT2D eigenvalue weighted by Gasteiger charge is -2.41. The van der Waals surface area contributed by atoms with Gasteiger partial charge >= 0.3 is 0 Å². The van der Waals surface area contributed by atoms with E-state index in [1.165, 1.54) is 0 Å². The maximum atomic E-state index is 11.7. The van der Waals surface area contributed by atoms with Crippen LogP contribution >= 0.6 is 11.6 Å². The summed E-state index contributed by atoms with van der Waals surface area (Å²) < 4.78 is 0. The predicted octanol–water partition coefficient (Wildman–Crippen LogP) is 2.24. The number of hydrogen-bond donors (Lipinski definition) is 1. The maximum Gasteiger partial charge on any atom is 0.224 e. The van der Waals surface area contributed by atoms with E-state index in [9.17, 15) is 4.79 Å². The van der Waals surface area contributed by atoms with Gasteiger partial charge in [-0.05, 0) is 33.6 Å². The molecule has 1 N–H and O–H groups in total. The van der Waals surface area contributed by atoms with E-state index in [4.69, 9.17) is 11.6 Å². The summed E-state index contributed by atoms with van der Waals surface area (Å²) >= 11 is 5.68. The van der Waals surface area contributed by atoms with Gasteiger partial charge in [-0.2, -0.15) is 0 Å². The molecular weight excluding hydrogens is 236 g/mol. The van der Waals surface area contributed by atoms with Crippen LogP contribution in [0.15, 0.2) is 0 Å². The third-order valence-electron chi connectivity index (χ3n) is 3.47. The number of nitrogens with one attached hydrogen (secondary N) is 1. The number of alkyl halides is 1. The quantitative estimate of drug-likeness (QED) is 0.790. The maximum absolute atomic E-state index is 11.7. The normalized spacial score (nSPS) is 21.2. The molecule has 1 amide bonds. The highest BCUT2D eigenvalue weighted by atomic mass is 35.5. The molecule has 1 unspecified atom stereocenters. The molecule has 1 atom stereocenters. The first-order valence-corrected chi connectivity index (χ1v) is 6.99. The fourth-order valence-electron chi connectivity index (χ4n) is 2.11. The number of rotatable bonds is 3. The number of carbonyl (C=O) groups excluding carboxylic acids is 1. The van der Waals surface area contributed by atoms with Crippen LogP contribution in [0, 0.1) is 5.92 Å². The monoisotopic (exact) mass is 260 g/mol. The first kappa shape index (κ1) is 14.8. The first-order chi connectivity index (χ1) is 7.84. The Hall–Kier alpha value is -0.280. The van der Waals surface area contributed by atoms with Crippen molar-refractivity contribution >= 4 is 17.5 Å². The average Bonchev–Trinajstić information content (AvgIpc) is 2.27. The van der Waals surface area contributed by atoms with Crippen molar-refractivity contribution in [2.24, 2.45) is 5.92 Å². The Morgan fingerprint density at radius 1 is 1.41 bits per heavy atom. The smallest absolute Gasteiger partial charge is 0.224 e. The summed E-state index contributed by atoms with van der Waals surface area (Å²) in [4.78, 5) is 14.2. The van der Waals surface area contributed by atoms with Gasteiger partial charge in [-0.1, -0.05) is 6.92 Å². The summed E-state index contributed by atoms with van der Waals surface area (Å²) in [5, 5.41) is 3.09. The lowest BCUT2D eigenvalue weighted by molar-refractivity contribution is -0.125. The molecule has 1 rings (SSSR count). The van der Waals surface area contributed by atoms with E-state index >= 15 is 0 Å². The molecule has 0 aromatic rings. The van der Waals surface area contributed by atoms with Crippen molar-refractivity contribution in [3.05, 3.63) is 0 Å². The van der Waals surface area contributed by atoms with E-state index in [0.717, 1.165) is 25.9 Å². The Morgan fingerprint density at radius 3 is 2.35 bits per heavy atom. The molecule has 0 aliphatic carbocycles. The van der Waals surface area contributed by atoms with E-state index in [-0.39, 0.29) is 17.4 Å². The SMILES string of the molecule is CC(CCl)C(=O)NC1CCN(C(C)(C)C)CC1. The first-order valence-electron chi connectivity index (χ1n) is 6.46. The lowest BCUT2D eigenvalue weighted by Crippen LogP contribution is -2.51. The van der Waals surface area contributed by atoms with Gasteiger partial charge in [-0.3, -0.25) is 9.69 Å². The molecule has 17 heavy (non-hydrogen) atoms. The minimum atomic E-state index is -0.0858. The number of hydrogen-bond acceptors (Lipinski definition) is 2. The molecule has 1 saturated heterocycles. The van der Waals surface area contributed by atoms with Crippen LogP contribution in [0.4, 0.5) is 0 Å². The van der Waals surface area contributed by atoms with Gasteiger partial charge in [0.15, 0.2) is 0 Å². The van der Waals surface area contributed by atoms with Crippen LogP contribution in [0.25, 0.3) is 0 Å². The van der Waals surface area contributed by atoms with Crippen LogP contribution in [0.5, 0.6) is 0 Å². The molecule has 1 heterocycles. The largest absolute Gasteiger partial charge is 0.353 e. The summed E-state index contributed by atoms with van der Waals surface area (Å²) in [6.07, 6.45) is 2.08.